The molecular formula is C8H11NO3. The van der Waals surface area contributed by atoms with Crippen molar-refractivity contribution in [2.75, 3.05) is 14.2 Å². The van der Waals surface area contributed by atoms with Crippen molar-refractivity contribution >= 4 is 5.97 Å². The SMILES string of the molecule is COC(=O)c1cc(OC)n(C)c1. The molecule has 0 aromatic carbocycles. The van der Waals surface area contributed by atoms with Gasteiger partial charge in [0.05, 0.1) is 19.8 Å². The van der Waals surface area contributed by atoms with E-state index in [2.05, 4.69) is 4.74 Å². The molecule has 4 heteroatoms. The van der Waals surface area contributed by atoms with Gasteiger partial charge in [0.2, 0.25) is 0 Å². The Morgan fingerprint density at radius 2 is 2.17 bits per heavy atom. The fraction of sp³-hybridized carbons (Fsp3) is 0.375. The summed E-state index contributed by atoms with van der Waals surface area (Å²) in [5.74, 6) is 0.282. The summed E-state index contributed by atoms with van der Waals surface area (Å²) < 4.78 is 11.2. The highest BCUT2D eigenvalue weighted by Gasteiger charge is 2.10. The molecule has 0 aliphatic rings. The Balaban J connectivity index is 2.96. The van der Waals surface area contributed by atoms with Crippen LogP contribution in [0.5, 0.6) is 5.88 Å². The number of aromatic nitrogens is 1. The number of carbonyl (C=O) groups excluding carboxylic acids is 1. The number of nitrogens with zero attached hydrogens (tertiary/aromatic N) is 1. The summed E-state index contributed by atoms with van der Waals surface area (Å²) in [5, 5.41) is 0. The lowest BCUT2D eigenvalue weighted by atomic mass is 10.3. The Kier molecular flexibility index (Phi) is 2.38. The molecule has 0 radical (unpaired) electrons. The Labute approximate surface area is 70.7 Å². The quantitative estimate of drug-likeness (QED) is 0.615. The second kappa shape index (κ2) is 3.30. The summed E-state index contributed by atoms with van der Waals surface area (Å²) in [6.45, 7) is 0. The number of hydrogen-bond acceptors (Lipinski definition) is 3. The minimum Gasteiger partial charge on any atom is -0.482 e. The summed E-state index contributed by atoms with van der Waals surface area (Å²) in [4.78, 5) is 11.0. The van der Waals surface area contributed by atoms with Crippen LogP contribution in [0.25, 0.3) is 0 Å². The van der Waals surface area contributed by atoms with Gasteiger partial charge in [-0.15, -0.1) is 0 Å². The summed E-state index contributed by atoms with van der Waals surface area (Å²) >= 11 is 0. The number of carbonyl (C=O) groups is 1. The molecule has 0 aliphatic carbocycles. The number of hydrogen-bond donors (Lipinski definition) is 0. The van der Waals surface area contributed by atoms with Crippen LogP contribution in [0.4, 0.5) is 0 Å². The molecule has 0 spiro atoms. The van der Waals surface area contributed by atoms with E-state index in [9.17, 15) is 4.79 Å². The van der Waals surface area contributed by atoms with Gasteiger partial charge in [-0.05, 0) is 0 Å². The van der Waals surface area contributed by atoms with E-state index in [-0.39, 0.29) is 5.97 Å². The molecule has 0 N–H and O–H groups in total. The zero-order valence-electron chi connectivity index (χ0n) is 7.33. The van der Waals surface area contributed by atoms with E-state index >= 15 is 0 Å². The minimum absolute atomic E-state index is 0.353. The first kappa shape index (κ1) is 8.64. The van der Waals surface area contributed by atoms with Gasteiger partial charge in [-0.3, -0.25) is 0 Å². The highest BCUT2D eigenvalue weighted by Crippen LogP contribution is 2.14. The van der Waals surface area contributed by atoms with E-state index in [1.54, 1.807) is 31.0 Å². The summed E-state index contributed by atoms with van der Waals surface area (Å²) in [6, 6.07) is 1.63. The van der Waals surface area contributed by atoms with Crippen LogP contribution < -0.4 is 4.74 Å². The first-order valence-corrected chi connectivity index (χ1v) is 3.47. The van der Waals surface area contributed by atoms with Crippen molar-refractivity contribution in [1.82, 2.24) is 4.57 Å². The molecule has 1 heterocycles. The van der Waals surface area contributed by atoms with Gasteiger partial charge in [0.25, 0.3) is 0 Å². The minimum atomic E-state index is -0.353. The van der Waals surface area contributed by atoms with Crippen molar-refractivity contribution < 1.29 is 14.3 Å². The number of methoxy groups -OCH3 is 2. The third kappa shape index (κ3) is 1.42. The van der Waals surface area contributed by atoms with Crippen LogP contribution in [-0.2, 0) is 11.8 Å². The lowest BCUT2D eigenvalue weighted by Crippen LogP contribution is -1.98. The highest BCUT2D eigenvalue weighted by atomic mass is 16.5. The number of ether oxygens (including phenoxy) is 2. The van der Waals surface area contributed by atoms with Gasteiger partial charge >= 0.3 is 5.97 Å². The number of aryl methyl sites for hydroxylation is 1. The van der Waals surface area contributed by atoms with Crippen molar-refractivity contribution in [3.63, 3.8) is 0 Å². The zero-order valence-corrected chi connectivity index (χ0v) is 7.33. The smallest absolute Gasteiger partial charge is 0.339 e. The maximum Gasteiger partial charge on any atom is 0.339 e. The van der Waals surface area contributed by atoms with E-state index in [0.717, 1.165) is 0 Å². The number of rotatable bonds is 2. The molecule has 1 aromatic heterocycles. The molecule has 0 saturated heterocycles. The van der Waals surface area contributed by atoms with E-state index in [4.69, 9.17) is 4.74 Å². The monoisotopic (exact) mass is 169 g/mol. The van der Waals surface area contributed by atoms with E-state index in [1.807, 2.05) is 0 Å². The Morgan fingerprint density at radius 1 is 1.50 bits per heavy atom. The molecule has 1 rings (SSSR count). The largest absolute Gasteiger partial charge is 0.482 e. The molecule has 12 heavy (non-hydrogen) atoms. The maximum absolute atomic E-state index is 11.0. The Hall–Kier alpha value is -1.45. The van der Waals surface area contributed by atoms with Crippen LogP contribution in [0.2, 0.25) is 0 Å². The topological polar surface area (TPSA) is 40.5 Å². The van der Waals surface area contributed by atoms with Crippen LogP contribution in [0, 0.1) is 0 Å². The van der Waals surface area contributed by atoms with Crippen molar-refractivity contribution in [3.05, 3.63) is 17.8 Å². The normalized spacial score (nSPS) is 9.58. The molecule has 0 fully saturated rings. The van der Waals surface area contributed by atoms with Gasteiger partial charge in [0.15, 0.2) is 5.88 Å². The second-order valence-electron chi connectivity index (χ2n) is 2.37. The first-order chi connectivity index (χ1) is 5.69. The lowest BCUT2D eigenvalue weighted by Gasteiger charge is -1.97. The van der Waals surface area contributed by atoms with Gasteiger partial charge in [0.1, 0.15) is 0 Å². The average Bonchev–Trinajstić information content (AvgIpc) is 2.45. The van der Waals surface area contributed by atoms with Gasteiger partial charge in [-0.1, -0.05) is 0 Å². The molecule has 0 atom stereocenters. The molecule has 4 nitrogen and oxygen atoms in total. The fourth-order valence-electron chi connectivity index (χ4n) is 0.977. The van der Waals surface area contributed by atoms with Crippen LogP contribution in [0.3, 0.4) is 0 Å². The van der Waals surface area contributed by atoms with Crippen molar-refractivity contribution in [3.8, 4) is 5.88 Å². The van der Waals surface area contributed by atoms with Crippen LogP contribution in [-0.4, -0.2) is 24.8 Å². The summed E-state index contributed by atoms with van der Waals surface area (Å²) in [6.07, 6.45) is 1.66. The molecule has 66 valence electrons. The highest BCUT2D eigenvalue weighted by molar-refractivity contribution is 5.89. The average molecular weight is 169 g/mol. The van der Waals surface area contributed by atoms with Crippen LogP contribution in [0.1, 0.15) is 10.4 Å². The Morgan fingerprint density at radius 3 is 2.58 bits per heavy atom. The van der Waals surface area contributed by atoms with Gasteiger partial charge in [0, 0.05) is 19.3 Å². The molecule has 0 unspecified atom stereocenters. The zero-order chi connectivity index (χ0) is 9.14. The lowest BCUT2D eigenvalue weighted by molar-refractivity contribution is 0.0600. The predicted molar refractivity (Wildman–Crippen MR) is 43.3 cm³/mol. The summed E-state index contributed by atoms with van der Waals surface area (Å²) in [5.41, 5.74) is 0.497. The maximum atomic E-state index is 11.0. The summed E-state index contributed by atoms with van der Waals surface area (Å²) in [7, 11) is 4.70. The third-order valence-electron chi connectivity index (χ3n) is 1.59. The third-order valence-corrected chi connectivity index (χ3v) is 1.59. The van der Waals surface area contributed by atoms with Crippen molar-refractivity contribution in [2.45, 2.75) is 0 Å². The van der Waals surface area contributed by atoms with E-state index in [1.165, 1.54) is 7.11 Å². The molecule has 0 aliphatic heterocycles. The van der Waals surface area contributed by atoms with E-state index < -0.39 is 0 Å². The molecule has 0 amide bonds. The second-order valence-corrected chi connectivity index (χ2v) is 2.37. The molecule has 1 aromatic rings. The fourth-order valence-corrected chi connectivity index (χ4v) is 0.977. The molecular weight excluding hydrogens is 158 g/mol. The number of esters is 1. The van der Waals surface area contributed by atoms with Gasteiger partial charge in [-0.25, -0.2) is 4.79 Å². The Bertz CT molecular complexity index is 290. The van der Waals surface area contributed by atoms with Crippen molar-refractivity contribution in [1.29, 1.82) is 0 Å². The van der Waals surface area contributed by atoms with Crippen LogP contribution >= 0.6 is 0 Å². The first-order valence-electron chi connectivity index (χ1n) is 3.47. The van der Waals surface area contributed by atoms with Crippen molar-refractivity contribution in [2.24, 2.45) is 7.05 Å². The van der Waals surface area contributed by atoms with Gasteiger partial charge in [-0.2, -0.15) is 0 Å². The van der Waals surface area contributed by atoms with Gasteiger partial charge < -0.3 is 14.0 Å². The standard InChI is InChI=1S/C8H11NO3/c1-9-5-6(8(10)12-3)4-7(9)11-2/h4-5H,1-3H3. The van der Waals surface area contributed by atoms with E-state index in [0.29, 0.717) is 11.4 Å². The molecule has 0 saturated carbocycles. The predicted octanol–water partition coefficient (Wildman–Crippen LogP) is 0.820. The van der Waals surface area contributed by atoms with Crippen LogP contribution in [0.15, 0.2) is 12.3 Å². The molecule has 0 bridgehead atoms.